The Balaban J connectivity index is 1.57. The quantitative estimate of drug-likeness (QED) is 0.238. The van der Waals surface area contributed by atoms with Crippen LogP contribution in [0.15, 0.2) is 54.7 Å². The average Bonchev–Trinajstić information content (AvgIpc) is 3.37. The number of amides is 1. The highest BCUT2D eigenvalue weighted by atomic mass is 19.2. The van der Waals surface area contributed by atoms with Crippen molar-refractivity contribution in [2.45, 2.75) is 25.7 Å². The molecule has 11 heteroatoms. The van der Waals surface area contributed by atoms with Gasteiger partial charge in [0, 0.05) is 29.3 Å². The number of benzene rings is 2. The van der Waals surface area contributed by atoms with Gasteiger partial charge in [0.1, 0.15) is 34.8 Å². The number of nitrogens with zero attached hydrogens (tertiary/aromatic N) is 4. The molecule has 0 aliphatic carbocycles. The van der Waals surface area contributed by atoms with E-state index in [1.807, 2.05) is 0 Å². The largest absolute Gasteiger partial charge is 0.383 e. The van der Waals surface area contributed by atoms with E-state index in [9.17, 15) is 22.4 Å². The molecule has 6 rings (SSSR count). The topological polar surface area (TPSA) is 98.2 Å². The number of hydrogen-bond acceptors (Lipinski definition) is 5. The lowest BCUT2D eigenvalue weighted by Crippen LogP contribution is -2.27. The second kappa shape index (κ2) is 8.62. The highest BCUT2D eigenvalue weighted by Gasteiger charge is 2.42. The molecule has 0 spiro atoms. The first-order valence-electron chi connectivity index (χ1n) is 11.9. The van der Waals surface area contributed by atoms with Gasteiger partial charge in [-0.3, -0.25) is 4.79 Å². The Kier molecular flexibility index (Phi) is 5.42. The van der Waals surface area contributed by atoms with Gasteiger partial charge in [0.05, 0.1) is 16.5 Å². The van der Waals surface area contributed by atoms with Crippen molar-refractivity contribution in [1.82, 2.24) is 19.4 Å². The fourth-order valence-corrected chi connectivity index (χ4v) is 4.85. The van der Waals surface area contributed by atoms with Crippen LogP contribution >= 0.6 is 0 Å². The van der Waals surface area contributed by atoms with E-state index in [0.29, 0.717) is 28.3 Å². The molecule has 39 heavy (non-hydrogen) atoms. The molecule has 0 saturated heterocycles. The Labute approximate surface area is 219 Å². The Bertz CT molecular complexity index is 1830. The predicted octanol–water partition coefficient (Wildman–Crippen LogP) is 5.42. The number of anilines is 2. The summed E-state index contributed by atoms with van der Waals surface area (Å²) in [6, 6.07) is 11.0. The summed E-state index contributed by atoms with van der Waals surface area (Å²) in [6.07, 6.45) is 1.14. The van der Waals surface area contributed by atoms with Gasteiger partial charge in [0.15, 0.2) is 17.5 Å². The summed E-state index contributed by atoms with van der Waals surface area (Å²) in [4.78, 5) is 25.9. The highest BCUT2D eigenvalue weighted by molar-refractivity contribution is 6.06. The first kappa shape index (κ1) is 24.5. The zero-order valence-electron chi connectivity index (χ0n) is 20.7. The number of aromatic nitrogens is 4. The number of pyridine rings is 1. The number of rotatable bonds is 4. The van der Waals surface area contributed by atoms with Crippen LogP contribution in [0.1, 0.15) is 30.8 Å². The summed E-state index contributed by atoms with van der Waals surface area (Å²) in [7, 11) is 0. The van der Waals surface area contributed by atoms with Gasteiger partial charge < -0.3 is 15.5 Å². The summed E-state index contributed by atoms with van der Waals surface area (Å²) in [5.74, 6) is -3.74. The fourth-order valence-electron chi connectivity index (χ4n) is 4.85. The van der Waals surface area contributed by atoms with Gasteiger partial charge in [-0.05, 0) is 38.1 Å². The van der Waals surface area contributed by atoms with Crippen LogP contribution in [0.5, 0.6) is 0 Å². The smallest absolute Gasteiger partial charge is 0.235 e. The summed E-state index contributed by atoms with van der Waals surface area (Å²) >= 11 is 0. The Morgan fingerprint density at radius 2 is 1.67 bits per heavy atom. The van der Waals surface area contributed by atoms with Gasteiger partial charge in [-0.1, -0.05) is 24.3 Å². The Morgan fingerprint density at radius 1 is 0.923 bits per heavy atom. The van der Waals surface area contributed by atoms with Crippen LogP contribution in [0, 0.1) is 23.3 Å². The van der Waals surface area contributed by atoms with Gasteiger partial charge >= 0.3 is 0 Å². The van der Waals surface area contributed by atoms with Crippen LogP contribution in [0.25, 0.3) is 28.2 Å². The van der Waals surface area contributed by atoms with Crippen LogP contribution in [-0.2, 0) is 16.6 Å². The van der Waals surface area contributed by atoms with Crippen molar-refractivity contribution in [3.05, 3.63) is 94.9 Å². The van der Waals surface area contributed by atoms with Crippen LogP contribution in [-0.4, -0.2) is 25.3 Å². The molecule has 0 radical (unpaired) electrons. The number of imidazole rings is 1. The minimum absolute atomic E-state index is 0.0619. The summed E-state index contributed by atoms with van der Waals surface area (Å²) in [5.41, 5.74) is 6.61. The second-order valence-electron chi connectivity index (χ2n) is 9.76. The molecule has 3 aromatic heterocycles. The minimum atomic E-state index is -1.33. The van der Waals surface area contributed by atoms with E-state index in [1.54, 1.807) is 50.4 Å². The van der Waals surface area contributed by atoms with Crippen molar-refractivity contribution in [3.8, 4) is 22.6 Å². The Hall–Kier alpha value is -4.80. The minimum Gasteiger partial charge on any atom is -0.383 e. The maximum Gasteiger partial charge on any atom is 0.235 e. The van der Waals surface area contributed by atoms with Crippen molar-refractivity contribution < 1.29 is 22.4 Å². The van der Waals surface area contributed by atoms with E-state index in [1.165, 1.54) is 10.5 Å². The predicted molar refractivity (Wildman–Crippen MR) is 137 cm³/mol. The van der Waals surface area contributed by atoms with E-state index in [4.69, 9.17) is 5.73 Å². The molecule has 5 aromatic rings. The third kappa shape index (κ3) is 3.80. The number of carbonyl (C=O) groups excluding carboxylic acids is 1. The third-order valence-electron chi connectivity index (χ3n) is 6.94. The molecule has 196 valence electrons. The van der Waals surface area contributed by atoms with Crippen molar-refractivity contribution in [2.75, 3.05) is 11.1 Å². The molecule has 2 aromatic carbocycles. The van der Waals surface area contributed by atoms with Crippen LogP contribution in [0.2, 0.25) is 0 Å². The third-order valence-corrected chi connectivity index (χ3v) is 6.94. The SMILES string of the molecule is CC1(C)C(=O)Nc2nc(-c3nc(Cc4c(F)ccc(F)c4F)n4cc(-c5ccccc5F)ccc34)nc(N)c21. The first-order chi connectivity index (χ1) is 18.6. The molecule has 0 atom stereocenters. The van der Waals surface area contributed by atoms with E-state index < -0.39 is 40.7 Å². The molecule has 0 saturated carbocycles. The number of nitrogens with two attached hydrogens (primary N) is 1. The molecule has 1 aliphatic rings. The van der Waals surface area contributed by atoms with E-state index in [0.717, 1.165) is 6.07 Å². The lowest BCUT2D eigenvalue weighted by atomic mass is 9.87. The van der Waals surface area contributed by atoms with Crippen molar-refractivity contribution in [3.63, 3.8) is 0 Å². The molecule has 0 bridgehead atoms. The Morgan fingerprint density at radius 3 is 2.44 bits per heavy atom. The molecule has 3 N–H and O–H groups in total. The average molecular weight is 533 g/mol. The molecule has 4 heterocycles. The first-order valence-corrected chi connectivity index (χ1v) is 11.9. The fraction of sp³-hybridized carbons (Fsp3) is 0.143. The van der Waals surface area contributed by atoms with Crippen LogP contribution in [0.3, 0.4) is 0 Å². The zero-order valence-corrected chi connectivity index (χ0v) is 20.7. The van der Waals surface area contributed by atoms with Gasteiger partial charge in [0.25, 0.3) is 0 Å². The maximum absolute atomic E-state index is 14.6. The number of carbonyl (C=O) groups is 1. The van der Waals surface area contributed by atoms with Gasteiger partial charge in [-0.25, -0.2) is 32.5 Å². The highest BCUT2D eigenvalue weighted by Crippen LogP contribution is 2.40. The van der Waals surface area contributed by atoms with E-state index >= 15 is 0 Å². The summed E-state index contributed by atoms with van der Waals surface area (Å²) in [5, 5.41) is 2.70. The lowest BCUT2D eigenvalue weighted by molar-refractivity contribution is -0.119. The van der Waals surface area contributed by atoms with Crippen molar-refractivity contribution >= 4 is 23.1 Å². The van der Waals surface area contributed by atoms with E-state index in [2.05, 4.69) is 20.3 Å². The molecule has 0 fully saturated rings. The molecule has 7 nitrogen and oxygen atoms in total. The normalized spacial score (nSPS) is 14.1. The zero-order chi connectivity index (χ0) is 27.6. The number of hydrogen-bond donors (Lipinski definition) is 2. The second-order valence-corrected chi connectivity index (χ2v) is 9.76. The molecule has 1 aliphatic heterocycles. The molecular formula is C28H20F4N6O. The monoisotopic (exact) mass is 532 g/mol. The maximum atomic E-state index is 14.6. The summed E-state index contributed by atoms with van der Waals surface area (Å²) < 4.78 is 59.2. The number of nitrogen functional groups attached to an aromatic ring is 1. The summed E-state index contributed by atoms with van der Waals surface area (Å²) in [6.45, 7) is 3.40. The number of fused-ring (bicyclic) bond motifs is 2. The van der Waals surface area contributed by atoms with Crippen LogP contribution in [0.4, 0.5) is 29.2 Å². The van der Waals surface area contributed by atoms with E-state index in [-0.39, 0.29) is 34.9 Å². The van der Waals surface area contributed by atoms with Crippen LogP contribution < -0.4 is 11.1 Å². The number of nitrogens with one attached hydrogen (secondary N) is 1. The van der Waals surface area contributed by atoms with Crippen molar-refractivity contribution in [2.24, 2.45) is 0 Å². The lowest BCUT2D eigenvalue weighted by Gasteiger charge is -2.16. The van der Waals surface area contributed by atoms with Crippen molar-refractivity contribution in [1.29, 1.82) is 0 Å². The molecule has 0 unspecified atom stereocenters. The number of halogens is 4. The van der Waals surface area contributed by atoms with Gasteiger partial charge in [-0.2, -0.15) is 0 Å². The molecule has 1 amide bonds. The van der Waals surface area contributed by atoms with Gasteiger partial charge in [-0.15, -0.1) is 0 Å². The van der Waals surface area contributed by atoms with Gasteiger partial charge in [0.2, 0.25) is 5.91 Å². The standard InChI is InChI=1S/C28H20F4N6O/c1-28(2)21-24(33)35-26(36-25(21)37-27(28)39)23-19-10-7-13(14-5-3-4-6-16(14)29)12-38(19)20(34-23)11-15-17(30)8-9-18(31)22(15)32/h3-10,12H,11H2,1-2H3,(H3,33,35,36,37,39). The molecular weight excluding hydrogens is 512 g/mol.